The number of fused-ring (bicyclic) bond motifs is 5. The van der Waals surface area contributed by atoms with E-state index in [4.69, 9.17) is 0 Å². The number of nitrogens with zero attached hydrogens (tertiary/aromatic N) is 1. The molecule has 3 aliphatic rings. The smallest absolute Gasteiger partial charge is 0.238 e. The predicted molar refractivity (Wildman–Crippen MR) is 85.1 cm³/mol. The molecule has 0 radical (unpaired) electrons. The van der Waals surface area contributed by atoms with Gasteiger partial charge in [-0.3, -0.25) is 9.59 Å². The van der Waals surface area contributed by atoms with Crippen LogP contribution in [0.3, 0.4) is 0 Å². The van der Waals surface area contributed by atoms with Gasteiger partial charge in [0.2, 0.25) is 11.8 Å². The minimum Gasteiger partial charge on any atom is -0.274 e. The first kappa shape index (κ1) is 13.5. The molecule has 1 aliphatic heterocycles. The predicted octanol–water partition coefficient (Wildman–Crippen LogP) is 3.25. The van der Waals surface area contributed by atoms with Gasteiger partial charge in [0.15, 0.2) is 0 Å². The van der Waals surface area contributed by atoms with Crippen LogP contribution in [0.4, 0.5) is 5.69 Å². The highest BCUT2D eigenvalue weighted by Gasteiger charge is 2.61. The Balaban J connectivity index is 1.80. The average molecular weight is 293 g/mol. The van der Waals surface area contributed by atoms with Gasteiger partial charge in [-0.15, -0.1) is 0 Å². The van der Waals surface area contributed by atoms with E-state index in [1.165, 1.54) is 16.0 Å². The van der Waals surface area contributed by atoms with Crippen LogP contribution in [0, 0.1) is 30.6 Å². The minimum atomic E-state index is -0.202. The molecular weight excluding hydrogens is 274 g/mol. The van der Waals surface area contributed by atoms with Gasteiger partial charge in [0.25, 0.3) is 0 Å². The lowest BCUT2D eigenvalue weighted by Crippen LogP contribution is -2.33. The number of aryl methyl sites for hydroxylation is 1. The molecule has 1 saturated heterocycles. The molecule has 0 aromatic heterocycles. The van der Waals surface area contributed by atoms with E-state index in [0.717, 1.165) is 11.3 Å². The van der Waals surface area contributed by atoms with Gasteiger partial charge < -0.3 is 0 Å². The van der Waals surface area contributed by atoms with Gasteiger partial charge in [0.05, 0.1) is 17.5 Å². The summed E-state index contributed by atoms with van der Waals surface area (Å²) in [7, 11) is 0. The third kappa shape index (κ3) is 1.51. The zero-order chi connectivity index (χ0) is 15.6. The van der Waals surface area contributed by atoms with Crippen LogP contribution in [0.2, 0.25) is 0 Å². The van der Waals surface area contributed by atoms with E-state index in [1.807, 2.05) is 31.2 Å². The number of para-hydroxylation sites is 1. The molecule has 22 heavy (non-hydrogen) atoms. The SMILES string of the molecule is CC(C)=C1C2C=CC1C1C(=O)N(c3ccccc3C)C(=O)C21. The number of imide groups is 1. The summed E-state index contributed by atoms with van der Waals surface area (Å²) in [5.41, 5.74) is 4.25. The van der Waals surface area contributed by atoms with E-state index in [-0.39, 0.29) is 35.5 Å². The molecule has 2 amide bonds. The van der Waals surface area contributed by atoms with Gasteiger partial charge in [-0.2, -0.15) is 0 Å². The van der Waals surface area contributed by atoms with Crippen LogP contribution in [0.1, 0.15) is 19.4 Å². The number of rotatable bonds is 1. The zero-order valence-corrected chi connectivity index (χ0v) is 13.0. The first-order valence-electron chi connectivity index (χ1n) is 7.81. The highest BCUT2D eigenvalue weighted by atomic mass is 16.2. The Morgan fingerprint density at radius 2 is 1.50 bits per heavy atom. The number of carbonyl (C=O) groups is 2. The Morgan fingerprint density at radius 3 is 2.00 bits per heavy atom. The van der Waals surface area contributed by atoms with Gasteiger partial charge in [-0.1, -0.05) is 41.5 Å². The lowest BCUT2D eigenvalue weighted by atomic mass is 9.85. The maximum atomic E-state index is 13.0. The first-order valence-corrected chi connectivity index (χ1v) is 7.81. The van der Waals surface area contributed by atoms with Crippen LogP contribution in [0.25, 0.3) is 0 Å². The van der Waals surface area contributed by atoms with Crippen molar-refractivity contribution in [2.45, 2.75) is 20.8 Å². The monoisotopic (exact) mass is 293 g/mol. The lowest BCUT2D eigenvalue weighted by molar-refractivity contribution is -0.122. The number of hydrogen-bond donors (Lipinski definition) is 0. The normalized spacial score (nSPS) is 32.1. The maximum absolute atomic E-state index is 13.0. The van der Waals surface area contributed by atoms with Crippen LogP contribution in [-0.4, -0.2) is 11.8 Å². The highest BCUT2D eigenvalue weighted by Crippen LogP contribution is 2.57. The summed E-state index contributed by atoms with van der Waals surface area (Å²) in [6.45, 7) is 6.10. The molecule has 4 unspecified atom stereocenters. The average Bonchev–Trinajstić information content (AvgIpc) is 3.11. The Bertz CT molecular complexity index is 720. The summed E-state index contributed by atoms with van der Waals surface area (Å²) < 4.78 is 0. The number of anilines is 1. The van der Waals surface area contributed by atoms with Crippen molar-refractivity contribution in [1.82, 2.24) is 0 Å². The van der Waals surface area contributed by atoms with E-state index in [0.29, 0.717) is 0 Å². The molecule has 1 aromatic rings. The van der Waals surface area contributed by atoms with Gasteiger partial charge in [-0.25, -0.2) is 4.90 Å². The number of amides is 2. The number of carbonyl (C=O) groups excluding carboxylic acids is 2. The fraction of sp³-hybridized carbons (Fsp3) is 0.368. The van der Waals surface area contributed by atoms with Crippen molar-refractivity contribution in [3.8, 4) is 0 Å². The third-order valence-corrected chi connectivity index (χ3v) is 5.35. The Labute approximate surface area is 130 Å². The van der Waals surface area contributed by atoms with Gasteiger partial charge >= 0.3 is 0 Å². The minimum absolute atomic E-state index is 0.0279. The summed E-state index contributed by atoms with van der Waals surface area (Å²) in [6.07, 6.45) is 4.25. The van der Waals surface area contributed by atoms with E-state index >= 15 is 0 Å². The van der Waals surface area contributed by atoms with Crippen LogP contribution in [0.5, 0.6) is 0 Å². The standard InChI is InChI=1S/C19H19NO2/c1-10(2)15-12-8-9-13(15)17-16(12)18(21)20(19(17)22)14-7-5-4-6-11(14)3/h4-9,12-13,16-17H,1-3H3. The molecule has 0 spiro atoms. The zero-order valence-electron chi connectivity index (χ0n) is 13.0. The molecular formula is C19H19NO2. The molecule has 2 fully saturated rings. The molecule has 2 bridgehead atoms. The van der Waals surface area contributed by atoms with E-state index in [1.54, 1.807) is 0 Å². The highest BCUT2D eigenvalue weighted by molar-refractivity contribution is 6.23. The Kier molecular flexibility index (Phi) is 2.71. The maximum Gasteiger partial charge on any atom is 0.238 e. The lowest BCUT2D eigenvalue weighted by Gasteiger charge is -2.20. The van der Waals surface area contributed by atoms with Crippen molar-refractivity contribution in [3.05, 3.63) is 53.1 Å². The Morgan fingerprint density at radius 1 is 0.955 bits per heavy atom. The molecule has 1 heterocycles. The second-order valence-corrected chi connectivity index (χ2v) is 6.74. The molecule has 4 rings (SSSR count). The van der Waals surface area contributed by atoms with Gasteiger partial charge in [0, 0.05) is 11.8 Å². The van der Waals surface area contributed by atoms with Crippen molar-refractivity contribution < 1.29 is 9.59 Å². The molecule has 1 saturated carbocycles. The van der Waals surface area contributed by atoms with Gasteiger partial charge in [0.1, 0.15) is 0 Å². The van der Waals surface area contributed by atoms with Crippen molar-refractivity contribution in [2.75, 3.05) is 4.90 Å². The fourth-order valence-electron chi connectivity index (χ4n) is 4.48. The summed E-state index contributed by atoms with van der Waals surface area (Å²) in [6, 6.07) is 7.62. The van der Waals surface area contributed by atoms with Crippen LogP contribution in [-0.2, 0) is 9.59 Å². The third-order valence-electron chi connectivity index (χ3n) is 5.35. The number of allylic oxidation sites excluding steroid dienone is 4. The molecule has 2 aliphatic carbocycles. The molecule has 1 aromatic carbocycles. The molecule has 0 N–H and O–H groups in total. The molecule has 4 atom stereocenters. The van der Waals surface area contributed by atoms with Crippen molar-refractivity contribution >= 4 is 17.5 Å². The largest absolute Gasteiger partial charge is 0.274 e. The molecule has 3 heteroatoms. The Hall–Kier alpha value is -2.16. The second kappa shape index (κ2) is 4.42. The number of hydrogen-bond acceptors (Lipinski definition) is 2. The van der Waals surface area contributed by atoms with Crippen molar-refractivity contribution in [2.24, 2.45) is 23.7 Å². The summed E-state index contributed by atoms with van der Waals surface area (Å²) in [4.78, 5) is 27.3. The fourth-order valence-corrected chi connectivity index (χ4v) is 4.48. The van der Waals surface area contributed by atoms with Crippen molar-refractivity contribution in [3.63, 3.8) is 0 Å². The van der Waals surface area contributed by atoms with E-state index < -0.39 is 0 Å². The van der Waals surface area contributed by atoms with E-state index in [9.17, 15) is 9.59 Å². The van der Waals surface area contributed by atoms with Crippen LogP contribution >= 0.6 is 0 Å². The summed E-state index contributed by atoms with van der Waals surface area (Å²) >= 11 is 0. The molecule has 3 nitrogen and oxygen atoms in total. The quantitative estimate of drug-likeness (QED) is 0.589. The summed E-state index contributed by atoms with van der Waals surface area (Å²) in [5.74, 6) is -0.227. The second-order valence-electron chi connectivity index (χ2n) is 6.74. The van der Waals surface area contributed by atoms with Crippen LogP contribution in [0.15, 0.2) is 47.6 Å². The summed E-state index contributed by atoms with van der Waals surface area (Å²) in [5, 5.41) is 0. The number of benzene rings is 1. The van der Waals surface area contributed by atoms with Crippen LogP contribution < -0.4 is 4.90 Å². The van der Waals surface area contributed by atoms with E-state index in [2.05, 4.69) is 26.0 Å². The first-order chi connectivity index (χ1) is 10.5. The topological polar surface area (TPSA) is 37.4 Å². The molecule has 112 valence electrons. The van der Waals surface area contributed by atoms with Crippen molar-refractivity contribution in [1.29, 1.82) is 0 Å². The van der Waals surface area contributed by atoms with Gasteiger partial charge in [-0.05, 0) is 32.4 Å².